The summed E-state index contributed by atoms with van der Waals surface area (Å²) in [7, 11) is -4.15. The van der Waals surface area contributed by atoms with E-state index in [4.69, 9.17) is 4.74 Å². The second-order valence-electron chi connectivity index (χ2n) is 7.78. The van der Waals surface area contributed by atoms with E-state index in [1.54, 1.807) is 18.2 Å². The first-order valence-electron chi connectivity index (χ1n) is 10.3. The highest BCUT2D eigenvalue weighted by Crippen LogP contribution is 2.41. The molecule has 9 heteroatoms. The molecule has 1 unspecified atom stereocenters. The molecule has 1 N–H and O–H groups in total. The maximum atomic E-state index is 13.2. The summed E-state index contributed by atoms with van der Waals surface area (Å²) in [6.45, 7) is -0.0681. The summed E-state index contributed by atoms with van der Waals surface area (Å²) in [5, 5.41) is 11.8. The lowest BCUT2D eigenvalue weighted by Gasteiger charge is -2.30. The number of aromatic nitrogens is 4. The van der Waals surface area contributed by atoms with E-state index >= 15 is 0 Å². The van der Waals surface area contributed by atoms with Crippen molar-refractivity contribution < 1.29 is 17.9 Å². The van der Waals surface area contributed by atoms with Gasteiger partial charge in [0.2, 0.25) is 0 Å². The first-order chi connectivity index (χ1) is 15.0. The average molecular weight is 441 g/mol. The third kappa shape index (κ3) is 4.99. The van der Waals surface area contributed by atoms with Crippen molar-refractivity contribution in [1.29, 1.82) is 0 Å². The Labute approximate surface area is 180 Å². The first kappa shape index (κ1) is 21.2. The van der Waals surface area contributed by atoms with E-state index in [1.807, 2.05) is 36.4 Å². The number of aryl methyl sites for hydroxylation is 1. The van der Waals surface area contributed by atoms with E-state index in [0.29, 0.717) is 24.2 Å². The fourth-order valence-electron chi connectivity index (χ4n) is 4.12. The van der Waals surface area contributed by atoms with Gasteiger partial charge in [-0.25, -0.2) is 13.2 Å². The summed E-state index contributed by atoms with van der Waals surface area (Å²) in [5.74, 6) is 0.786. The van der Waals surface area contributed by atoms with Crippen LogP contribution in [-0.2, 0) is 34.0 Å². The fourth-order valence-corrected chi connectivity index (χ4v) is 5.67. The van der Waals surface area contributed by atoms with Crippen LogP contribution in [0, 0.1) is 5.92 Å². The molecule has 0 amide bonds. The second-order valence-corrected chi connectivity index (χ2v) is 9.78. The maximum Gasteiger partial charge on any atom is 0.425 e. The lowest BCUT2D eigenvalue weighted by atomic mass is 9.81. The van der Waals surface area contributed by atoms with Crippen molar-refractivity contribution in [3.05, 3.63) is 77.1 Å². The van der Waals surface area contributed by atoms with Gasteiger partial charge in [0.05, 0.1) is 5.25 Å². The summed E-state index contributed by atoms with van der Waals surface area (Å²) in [5.41, 5.74) is 2.42. The monoisotopic (exact) mass is 440 g/mol. The summed E-state index contributed by atoms with van der Waals surface area (Å²) in [6.07, 6.45) is 3.48. The van der Waals surface area contributed by atoms with Gasteiger partial charge in [-0.2, -0.15) is 5.21 Å². The summed E-state index contributed by atoms with van der Waals surface area (Å²) >= 11 is 0. The Hall–Kier alpha value is -3.07. The molecule has 2 aromatic carbocycles. The van der Waals surface area contributed by atoms with Crippen LogP contribution in [0.1, 0.15) is 47.0 Å². The predicted octanol–water partition coefficient (Wildman–Crippen LogP) is 3.58. The van der Waals surface area contributed by atoms with Gasteiger partial charge < -0.3 is 4.74 Å². The number of tetrazole rings is 1. The van der Waals surface area contributed by atoms with Gasteiger partial charge in [-0.3, -0.25) is 0 Å². The van der Waals surface area contributed by atoms with E-state index < -0.39 is 20.4 Å². The molecule has 0 spiro atoms. The highest BCUT2D eigenvalue weighted by Gasteiger charge is 2.40. The van der Waals surface area contributed by atoms with Crippen LogP contribution >= 0.6 is 0 Å². The van der Waals surface area contributed by atoms with Gasteiger partial charge in [0, 0.05) is 6.42 Å². The standard InChI is InChI=1S/C22H24N4O4S/c27-22(30-15-16-7-2-1-3-8-16)31(28,29)20-14-17(9-6-12-21-23-25-26-24-21)13-18-10-4-5-11-19(18)20/h1-5,7-8,10-11,17,20H,6,9,12-15H2,(H,23,24,25,26)/t17-,20?/m1/s1. The SMILES string of the molecule is O=C(OCc1ccccc1)S(=O)(=O)C1C[C@H](CCCc2nn[nH]n2)Cc2ccccc21. The van der Waals surface area contributed by atoms with Crippen LogP contribution in [0.15, 0.2) is 54.6 Å². The molecule has 0 fully saturated rings. The molecule has 0 saturated heterocycles. The van der Waals surface area contributed by atoms with Gasteiger partial charge in [-0.05, 0) is 48.3 Å². The zero-order chi connectivity index (χ0) is 21.7. The molecule has 0 aliphatic heterocycles. The van der Waals surface area contributed by atoms with Gasteiger partial charge in [0.1, 0.15) is 6.61 Å². The van der Waals surface area contributed by atoms with E-state index in [2.05, 4.69) is 20.6 Å². The average Bonchev–Trinajstić information content (AvgIpc) is 3.31. The second kappa shape index (κ2) is 9.38. The van der Waals surface area contributed by atoms with Crippen LogP contribution in [0.4, 0.5) is 4.79 Å². The number of nitrogens with one attached hydrogen (secondary N) is 1. The molecule has 1 aliphatic rings. The molecule has 0 saturated carbocycles. The van der Waals surface area contributed by atoms with E-state index in [0.717, 1.165) is 30.4 Å². The molecule has 2 atom stereocenters. The Kier molecular flexibility index (Phi) is 6.41. The molecule has 162 valence electrons. The van der Waals surface area contributed by atoms with Crippen molar-refractivity contribution >= 4 is 15.1 Å². The highest BCUT2D eigenvalue weighted by atomic mass is 32.2. The molecule has 1 aromatic heterocycles. The number of carbonyl (C=O) groups is 1. The Morgan fingerprint density at radius 3 is 2.65 bits per heavy atom. The Balaban J connectivity index is 1.47. The zero-order valence-electron chi connectivity index (χ0n) is 17.0. The number of ether oxygens (including phenoxy) is 1. The van der Waals surface area contributed by atoms with Crippen molar-refractivity contribution in [3.63, 3.8) is 0 Å². The number of nitrogens with zero attached hydrogens (tertiary/aromatic N) is 3. The molecule has 0 bridgehead atoms. The normalized spacial score (nSPS) is 18.3. The molecule has 0 radical (unpaired) electrons. The lowest BCUT2D eigenvalue weighted by molar-refractivity contribution is 0.165. The number of sulfone groups is 1. The topological polar surface area (TPSA) is 115 Å². The summed E-state index contributed by atoms with van der Waals surface area (Å²) in [4.78, 5) is 12.6. The first-order valence-corrected chi connectivity index (χ1v) is 11.8. The number of hydrogen-bond donors (Lipinski definition) is 1. The molecule has 1 aliphatic carbocycles. The molecular formula is C22H24N4O4S. The quantitative estimate of drug-likeness (QED) is 0.558. The van der Waals surface area contributed by atoms with Gasteiger partial charge in [-0.15, -0.1) is 10.2 Å². The lowest BCUT2D eigenvalue weighted by Crippen LogP contribution is -2.29. The van der Waals surface area contributed by atoms with Gasteiger partial charge >= 0.3 is 5.30 Å². The Morgan fingerprint density at radius 1 is 1.10 bits per heavy atom. The molecule has 8 nitrogen and oxygen atoms in total. The molecule has 4 rings (SSSR count). The van der Waals surface area contributed by atoms with Gasteiger partial charge in [0.25, 0.3) is 9.84 Å². The predicted molar refractivity (Wildman–Crippen MR) is 114 cm³/mol. The number of H-pyrrole nitrogens is 1. The third-order valence-corrected chi connectivity index (χ3v) is 7.44. The van der Waals surface area contributed by atoms with Crippen LogP contribution in [-0.4, -0.2) is 34.3 Å². The van der Waals surface area contributed by atoms with Gasteiger partial charge in [0.15, 0.2) is 5.82 Å². The smallest absolute Gasteiger partial charge is 0.425 e. The number of aromatic amines is 1. The Bertz CT molecular complexity index is 1120. The fraction of sp³-hybridized carbons (Fsp3) is 0.364. The minimum absolute atomic E-state index is 0.0681. The minimum atomic E-state index is -4.15. The van der Waals surface area contributed by atoms with Crippen molar-refractivity contribution in [1.82, 2.24) is 20.6 Å². The van der Waals surface area contributed by atoms with Crippen LogP contribution in [0.3, 0.4) is 0 Å². The number of benzene rings is 2. The summed E-state index contributed by atoms with van der Waals surface area (Å²) in [6, 6.07) is 16.5. The molecule has 3 aromatic rings. The number of hydrogen-bond acceptors (Lipinski definition) is 7. The highest BCUT2D eigenvalue weighted by molar-refractivity contribution is 8.05. The van der Waals surface area contributed by atoms with E-state index in [-0.39, 0.29) is 12.5 Å². The van der Waals surface area contributed by atoms with Crippen molar-refractivity contribution in [2.75, 3.05) is 0 Å². The molecule has 1 heterocycles. The van der Waals surface area contributed by atoms with Crippen molar-refractivity contribution in [2.45, 2.75) is 44.0 Å². The number of rotatable bonds is 7. The third-order valence-electron chi connectivity index (χ3n) is 5.67. The maximum absolute atomic E-state index is 13.2. The van der Waals surface area contributed by atoms with Crippen LogP contribution in [0.2, 0.25) is 0 Å². The Morgan fingerprint density at radius 2 is 1.87 bits per heavy atom. The van der Waals surface area contributed by atoms with Crippen molar-refractivity contribution in [3.8, 4) is 0 Å². The van der Waals surface area contributed by atoms with E-state index in [9.17, 15) is 13.2 Å². The van der Waals surface area contributed by atoms with Crippen LogP contribution < -0.4 is 0 Å². The van der Waals surface area contributed by atoms with Crippen LogP contribution in [0.5, 0.6) is 0 Å². The molecule has 31 heavy (non-hydrogen) atoms. The number of carbonyl (C=O) groups excluding carboxylic acids is 1. The largest absolute Gasteiger partial charge is 0.449 e. The van der Waals surface area contributed by atoms with Crippen LogP contribution in [0.25, 0.3) is 0 Å². The van der Waals surface area contributed by atoms with E-state index in [1.165, 1.54) is 0 Å². The van der Waals surface area contributed by atoms with Crippen molar-refractivity contribution in [2.24, 2.45) is 5.92 Å². The molecular weight excluding hydrogens is 416 g/mol. The number of fused-ring (bicyclic) bond motifs is 1. The van der Waals surface area contributed by atoms with Gasteiger partial charge in [-0.1, -0.05) is 59.8 Å². The summed E-state index contributed by atoms with van der Waals surface area (Å²) < 4.78 is 31.5. The minimum Gasteiger partial charge on any atom is -0.449 e. The zero-order valence-corrected chi connectivity index (χ0v) is 17.8.